The van der Waals surface area contributed by atoms with Crippen molar-refractivity contribution in [3.05, 3.63) is 100 Å². The van der Waals surface area contributed by atoms with Crippen molar-refractivity contribution in [2.24, 2.45) is 0 Å². The largest absolute Gasteiger partial charge is 0.459 e. The van der Waals surface area contributed by atoms with E-state index in [1.165, 1.54) is 12.1 Å². The number of imide groups is 1. The smallest absolute Gasteiger partial charge is 0.416 e. The average Bonchev–Trinajstić information content (AvgIpc) is 3.12. The number of esters is 1. The van der Waals surface area contributed by atoms with Gasteiger partial charge >= 0.3 is 12.1 Å². The SMILES string of the molecule is CC(C)OC(=O)c1cccc(NC(=O)Cc2ccc(NC3=C(Cl)C(=O)N(c4cccc(C(F)(F)F)c4)C3=O)cc2)c1. The zero-order valence-corrected chi connectivity index (χ0v) is 22.5. The van der Waals surface area contributed by atoms with E-state index < -0.39 is 34.6 Å². The highest BCUT2D eigenvalue weighted by molar-refractivity contribution is 6.53. The first-order valence-corrected chi connectivity index (χ1v) is 12.6. The molecule has 0 bridgehead atoms. The van der Waals surface area contributed by atoms with Crippen LogP contribution < -0.4 is 15.5 Å². The second kappa shape index (κ2) is 11.8. The van der Waals surface area contributed by atoms with Gasteiger partial charge in [0.05, 0.1) is 29.3 Å². The highest BCUT2D eigenvalue weighted by Gasteiger charge is 2.40. The van der Waals surface area contributed by atoms with E-state index >= 15 is 0 Å². The minimum Gasteiger partial charge on any atom is -0.459 e. The number of hydrogen-bond acceptors (Lipinski definition) is 6. The molecule has 0 aliphatic carbocycles. The lowest BCUT2D eigenvalue weighted by Gasteiger charge is -2.17. The lowest BCUT2D eigenvalue weighted by Crippen LogP contribution is -2.32. The average molecular weight is 586 g/mol. The van der Waals surface area contributed by atoms with Crippen molar-refractivity contribution in [1.29, 1.82) is 0 Å². The summed E-state index contributed by atoms with van der Waals surface area (Å²) in [5.74, 6) is -2.73. The first-order chi connectivity index (χ1) is 19.3. The maximum Gasteiger partial charge on any atom is 0.416 e. The Balaban J connectivity index is 1.40. The number of alkyl halides is 3. The normalized spacial score (nSPS) is 13.6. The zero-order chi connectivity index (χ0) is 29.9. The number of ether oxygens (including phenoxy) is 1. The highest BCUT2D eigenvalue weighted by atomic mass is 35.5. The third kappa shape index (κ3) is 6.93. The molecule has 0 radical (unpaired) electrons. The molecule has 1 heterocycles. The maximum absolute atomic E-state index is 13.1. The van der Waals surface area contributed by atoms with Crippen molar-refractivity contribution in [2.45, 2.75) is 32.5 Å². The van der Waals surface area contributed by atoms with Crippen LogP contribution in [0.15, 0.2) is 83.5 Å². The number of carbonyl (C=O) groups is 4. The van der Waals surface area contributed by atoms with Gasteiger partial charge in [-0.2, -0.15) is 13.2 Å². The Hall–Kier alpha value is -4.64. The van der Waals surface area contributed by atoms with Gasteiger partial charge in [0.25, 0.3) is 11.8 Å². The van der Waals surface area contributed by atoms with Crippen molar-refractivity contribution in [3.8, 4) is 0 Å². The summed E-state index contributed by atoms with van der Waals surface area (Å²) in [4.78, 5) is 50.8. The number of nitrogens with one attached hydrogen (secondary N) is 2. The molecule has 2 N–H and O–H groups in total. The number of anilines is 3. The number of nitrogens with zero attached hydrogens (tertiary/aromatic N) is 1. The summed E-state index contributed by atoms with van der Waals surface area (Å²) in [5.41, 5.74) is 0.0981. The van der Waals surface area contributed by atoms with Crippen molar-refractivity contribution in [1.82, 2.24) is 0 Å². The molecule has 212 valence electrons. The quantitative estimate of drug-likeness (QED) is 0.252. The Morgan fingerprint density at radius 3 is 2.27 bits per heavy atom. The topological polar surface area (TPSA) is 105 Å². The summed E-state index contributed by atoms with van der Waals surface area (Å²) in [6, 6.07) is 16.5. The van der Waals surface area contributed by atoms with Gasteiger partial charge in [0.2, 0.25) is 5.91 Å². The fraction of sp³-hybridized carbons (Fsp3) is 0.172. The van der Waals surface area contributed by atoms with Crippen molar-refractivity contribution < 1.29 is 37.1 Å². The molecule has 0 fully saturated rings. The molecule has 3 aromatic carbocycles. The van der Waals surface area contributed by atoms with E-state index in [4.69, 9.17) is 16.3 Å². The van der Waals surface area contributed by atoms with Gasteiger partial charge in [0.15, 0.2) is 0 Å². The van der Waals surface area contributed by atoms with E-state index in [1.54, 1.807) is 56.3 Å². The number of hydrogen-bond donors (Lipinski definition) is 2. The summed E-state index contributed by atoms with van der Waals surface area (Å²) in [6.45, 7) is 3.47. The van der Waals surface area contributed by atoms with E-state index in [9.17, 15) is 32.3 Å². The van der Waals surface area contributed by atoms with E-state index in [1.807, 2.05) is 0 Å². The van der Waals surface area contributed by atoms with Crippen LogP contribution in [0.3, 0.4) is 0 Å². The van der Waals surface area contributed by atoms with Crippen molar-refractivity contribution in [3.63, 3.8) is 0 Å². The van der Waals surface area contributed by atoms with Crippen molar-refractivity contribution in [2.75, 3.05) is 15.5 Å². The Labute approximate surface area is 237 Å². The van der Waals surface area contributed by atoms with Gasteiger partial charge < -0.3 is 15.4 Å². The van der Waals surface area contributed by atoms with Crippen LogP contribution >= 0.6 is 11.6 Å². The van der Waals surface area contributed by atoms with Crippen LogP contribution in [0.1, 0.15) is 35.3 Å². The van der Waals surface area contributed by atoms with Crippen molar-refractivity contribution >= 4 is 52.4 Å². The molecule has 0 spiro atoms. The molecule has 8 nitrogen and oxygen atoms in total. The van der Waals surface area contributed by atoms with E-state index in [-0.39, 0.29) is 29.8 Å². The van der Waals surface area contributed by atoms with Crippen LogP contribution in [0.4, 0.5) is 30.2 Å². The van der Waals surface area contributed by atoms with E-state index in [0.29, 0.717) is 33.5 Å². The van der Waals surface area contributed by atoms with Gasteiger partial charge in [-0.25, -0.2) is 9.69 Å². The Morgan fingerprint density at radius 2 is 1.61 bits per heavy atom. The zero-order valence-electron chi connectivity index (χ0n) is 21.7. The van der Waals surface area contributed by atoms with E-state index in [2.05, 4.69) is 10.6 Å². The summed E-state index contributed by atoms with van der Waals surface area (Å²) < 4.78 is 44.5. The third-order valence-electron chi connectivity index (χ3n) is 5.77. The standard InChI is InChI=1S/C29H23ClF3N3O5/c1-16(2)41-28(40)18-5-3-7-21(14-18)34-23(37)13-17-9-11-20(12-10-17)35-25-24(30)26(38)36(27(25)39)22-8-4-6-19(15-22)29(31,32)33/h3-12,14-16,35H,13H2,1-2H3,(H,34,37). The number of amides is 3. The van der Waals surface area contributed by atoms with Crippen LogP contribution in [0, 0.1) is 0 Å². The Morgan fingerprint density at radius 1 is 0.927 bits per heavy atom. The Kier molecular flexibility index (Phi) is 8.48. The van der Waals surface area contributed by atoms with E-state index in [0.717, 1.165) is 12.1 Å². The molecule has 4 rings (SSSR count). The third-order valence-corrected chi connectivity index (χ3v) is 6.12. The second-order valence-electron chi connectivity index (χ2n) is 9.26. The van der Waals surface area contributed by atoms with Crippen LogP contribution in [0.25, 0.3) is 0 Å². The fourth-order valence-corrected chi connectivity index (χ4v) is 4.13. The maximum atomic E-state index is 13.1. The molecule has 0 saturated carbocycles. The van der Waals surface area contributed by atoms with Gasteiger partial charge in [-0.1, -0.05) is 35.9 Å². The molecule has 0 atom stereocenters. The molecule has 3 aromatic rings. The molecule has 12 heteroatoms. The van der Waals surface area contributed by atoms with Crippen LogP contribution in [0.2, 0.25) is 0 Å². The van der Waals surface area contributed by atoms with Crippen LogP contribution in [0.5, 0.6) is 0 Å². The summed E-state index contributed by atoms with van der Waals surface area (Å²) in [5, 5.41) is 4.98. The first kappa shape index (κ1) is 29.3. The number of halogens is 4. The predicted molar refractivity (Wildman–Crippen MR) is 146 cm³/mol. The lowest BCUT2D eigenvalue weighted by atomic mass is 10.1. The number of carbonyl (C=O) groups excluding carboxylic acids is 4. The summed E-state index contributed by atoms with van der Waals surface area (Å²) >= 11 is 6.08. The molecule has 3 amide bonds. The minimum absolute atomic E-state index is 0.00879. The second-order valence-corrected chi connectivity index (χ2v) is 9.64. The van der Waals surface area contributed by atoms with Crippen LogP contribution in [-0.4, -0.2) is 29.8 Å². The van der Waals surface area contributed by atoms with Crippen LogP contribution in [-0.2, 0) is 31.7 Å². The fourth-order valence-electron chi connectivity index (χ4n) is 3.91. The summed E-state index contributed by atoms with van der Waals surface area (Å²) in [6.07, 6.45) is -4.96. The molecule has 0 saturated heterocycles. The predicted octanol–water partition coefficient (Wildman–Crippen LogP) is 5.89. The molecule has 1 aliphatic rings. The number of rotatable bonds is 8. The molecular weight excluding hydrogens is 563 g/mol. The van der Waals surface area contributed by atoms with Gasteiger partial charge in [0.1, 0.15) is 10.7 Å². The monoisotopic (exact) mass is 585 g/mol. The lowest BCUT2D eigenvalue weighted by molar-refractivity contribution is -0.137. The molecule has 0 unspecified atom stereocenters. The van der Waals surface area contributed by atoms with Gasteiger partial charge in [-0.3, -0.25) is 14.4 Å². The van der Waals surface area contributed by atoms with Gasteiger partial charge in [0, 0.05) is 11.4 Å². The first-order valence-electron chi connectivity index (χ1n) is 12.3. The molecular formula is C29H23ClF3N3O5. The molecule has 1 aliphatic heterocycles. The Bertz CT molecular complexity index is 1550. The van der Waals surface area contributed by atoms with Gasteiger partial charge in [-0.05, 0) is 67.9 Å². The minimum atomic E-state index is -4.66. The summed E-state index contributed by atoms with van der Waals surface area (Å²) in [7, 11) is 0. The molecule has 0 aromatic heterocycles. The molecule has 41 heavy (non-hydrogen) atoms. The highest BCUT2D eigenvalue weighted by Crippen LogP contribution is 2.35. The number of benzene rings is 3. The van der Waals surface area contributed by atoms with Gasteiger partial charge in [-0.15, -0.1) is 0 Å².